The van der Waals surface area contributed by atoms with E-state index in [4.69, 9.17) is 0 Å². The highest BCUT2D eigenvalue weighted by Crippen LogP contribution is 2.27. The molecule has 1 fully saturated rings. The van der Waals surface area contributed by atoms with E-state index in [2.05, 4.69) is 61.9 Å². The molecule has 0 spiro atoms. The average Bonchev–Trinajstić information content (AvgIpc) is 3.14. The zero-order valence-corrected chi connectivity index (χ0v) is 17.1. The average molecular weight is 387 g/mol. The molecule has 1 saturated heterocycles. The van der Waals surface area contributed by atoms with Crippen molar-refractivity contribution >= 4 is 0 Å². The zero-order valence-electron chi connectivity index (χ0n) is 17.1. The number of aromatic nitrogens is 6. The quantitative estimate of drug-likeness (QED) is 0.626. The predicted octanol–water partition coefficient (Wildman–Crippen LogP) is 2.37. The van der Waals surface area contributed by atoms with Crippen LogP contribution in [0.5, 0.6) is 0 Å². The Morgan fingerprint density at radius 1 is 1.14 bits per heavy atom. The highest BCUT2D eigenvalue weighted by molar-refractivity contribution is 5.58. The molecule has 0 aliphatic carbocycles. The number of hydrogen-bond donors (Lipinski definition) is 0. The van der Waals surface area contributed by atoms with Gasteiger partial charge in [-0.15, -0.1) is 5.10 Å². The standard InChI is InChI=1S/C22H25N7/c1-17-12-18(6-4-10-28-15-22(2,3)16-28)13-25-21(17)19-14-29(27-26-19)11-7-20-23-8-5-9-24-20/h5,8-9,12-14H,7,10-11,15-16H2,1-3H3. The van der Waals surface area contributed by atoms with Crippen molar-refractivity contribution in [2.24, 2.45) is 5.41 Å². The first-order valence-corrected chi connectivity index (χ1v) is 9.83. The Labute approximate surface area is 171 Å². The lowest BCUT2D eigenvalue weighted by molar-refractivity contribution is 0.0443. The number of nitrogens with zero attached hydrogens (tertiary/aromatic N) is 7. The largest absolute Gasteiger partial charge is 0.291 e. The Balaban J connectivity index is 1.37. The summed E-state index contributed by atoms with van der Waals surface area (Å²) in [5, 5.41) is 8.48. The van der Waals surface area contributed by atoms with Gasteiger partial charge in [0.2, 0.25) is 0 Å². The molecular formula is C22H25N7. The molecule has 0 bridgehead atoms. The van der Waals surface area contributed by atoms with E-state index in [1.54, 1.807) is 17.1 Å². The van der Waals surface area contributed by atoms with Crippen molar-refractivity contribution in [1.29, 1.82) is 0 Å². The highest BCUT2D eigenvalue weighted by atomic mass is 15.4. The molecule has 1 aliphatic heterocycles. The third-order valence-corrected chi connectivity index (χ3v) is 4.88. The van der Waals surface area contributed by atoms with E-state index in [1.807, 2.05) is 25.4 Å². The van der Waals surface area contributed by atoms with Gasteiger partial charge in [0.15, 0.2) is 0 Å². The molecule has 0 N–H and O–H groups in total. The van der Waals surface area contributed by atoms with Crippen molar-refractivity contribution < 1.29 is 0 Å². The normalized spacial score (nSPS) is 15.4. The molecule has 3 aromatic heterocycles. The van der Waals surface area contributed by atoms with E-state index in [1.165, 1.54) is 0 Å². The second kappa shape index (κ2) is 8.10. The maximum atomic E-state index is 4.58. The summed E-state index contributed by atoms with van der Waals surface area (Å²) >= 11 is 0. The third-order valence-electron chi connectivity index (χ3n) is 4.88. The second-order valence-electron chi connectivity index (χ2n) is 8.28. The number of likely N-dealkylation sites (tertiary alicyclic amines) is 1. The molecule has 0 saturated carbocycles. The molecule has 1 aliphatic rings. The van der Waals surface area contributed by atoms with Gasteiger partial charge in [-0.25, -0.2) is 9.97 Å². The lowest BCUT2D eigenvalue weighted by Gasteiger charge is -2.44. The van der Waals surface area contributed by atoms with Crippen LogP contribution < -0.4 is 0 Å². The summed E-state index contributed by atoms with van der Waals surface area (Å²) in [7, 11) is 0. The van der Waals surface area contributed by atoms with Gasteiger partial charge >= 0.3 is 0 Å². The molecule has 0 unspecified atom stereocenters. The van der Waals surface area contributed by atoms with Crippen LogP contribution in [0.3, 0.4) is 0 Å². The van der Waals surface area contributed by atoms with Crippen LogP contribution in [0.4, 0.5) is 0 Å². The van der Waals surface area contributed by atoms with Crippen molar-refractivity contribution in [2.45, 2.75) is 33.7 Å². The summed E-state index contributed by atoms with van der Waals surface area (Å²) in [5.41, 5.74) is 4.01. The van der Waals surface area contributed by atoms with Gasteiger partial charge in [0.25, 0.3) is 0 Å². The van der Waals surface area contributed by atoms with E-state index in [0.29, 0.717) is 18.4 Å². The summed E-state index contributed by atoms with van der Waals surface area (Å²) in [6.45, 7) is 10.3. The summed E-state index contributed by atoms with van der Waals surface area (Å²) in [4.78, 5) is 15.4. The molecule has 148 valence electrons. The Morgan fingerprint density at radius 2 is 1.93 bits per heavy atom. The van der Waals surface area contributed by atoms with Crippen molar-refractivity contribution in [3.05, 3.63) is 53.9 Å². The van der Waals surface area contributed by atoms with Crippen LogP contribution in [-0.2, 0) is 13.0 Å². The van der Waals surface area contributed by atoms with Gasteiger partial charge in [0.1, 0.15) is 11.5 Å². The molecule has 4 rings (SSSR count). The van der Waals surface area contributed by atoms with Gasteiger partial charge in [-0.2, -0.15) is 0 Å². The smallest absolute Gasteiger partial charge is 0.131 e. The fourth-order valence-corrected chi connectivity index (χ4v) is 3.63. The number of aryl methyl sites for hydroxylation is 3. The molecule has 0 aromatic carbocycles. The van der Waals surface area contributed by atoms with Crippen LogP contribution in [0.15, 0.2) is 36.9 Å². The first-order chi connectivity index (χ1) is 14.0. The second-order valence-corrected chi connectivity index (χ2v) is 8.28. The zero-order chi connectivity index (χ0) is 20.3. The van der Waals surface area contributed by atoms with Gasteiger partial charge in [0.05, 0.1) is 18.4 Å². The molecule has 7 nitrogen and oxygen atoms in total. The van der Waals surface area contributed by atoms with Crippen molar-refractivity contribution in [3.63, 3.8) is 0 Å². The van der Waals surface area contributed by atoms with Crippen LogP contribution in [-0.4, -0.2) is 54.5 Å². The van der Waals surface area contributed by atoms with Crippen LogP contribution in [0.2, 0.25) is 0 Å². The third kappa shape index (κ3) is 4.84. The van der Waals surface area contributed by atoms with E-state index < -0.39 is 0 Å². The molecule has 3 aromatic rings. The summed E-state index contributed by atoms with van der Waals surface area (Å²) < 4.78 is 1.80. The van der Waals surface area contributed by atoms with Gasteiger partial charge in [-0.05, 0) is 30.0 Å². The van der Waals surface area contributed by atoms with Gasteiger partial charge in [0, 0.05) is 50.2 Å². The van der Waals surface area contributed by atoms with E-state index in [0.717, 1.165) is 48.0 Å². The fraction of sp³-hybridized carbons (Fsp3) is 0.409. The minimum atomic E-state index is 0.438. The molecule has 0 amide bonds. The van der Waals surface area contributed by atoms with E-state index in [9.17, 15) is 0 Å². The maximum absolute atomic E-state index is 4.58. The number of pyridine rings is 1. The molecule has 0 atom stereocenters. The van der Waals surface area contributed by atoms with Crippen molar-refractivity contribution in [1.82, 2.24) is 34.8 Å². The van der Waals surface area contributed by atoms with Crippen LogP contribution in [0.1, 0.15) is 30.8 Å². The Bertz CT molecular complexity index is 1040. The molecule has 29 heavy (non-hydrogen) atoms. The summed E-state index contributed by atoms with van der Waals surface area (Å²) in [6, 6.07) is 3.87. The topological polar surface area (TPSA) is 72.6 Å². The van der Waals surface area contributed by atoms with E-state index in [-0.39, 0.29) is 0 Å². The molecule has 4 heterocycles. The van der Waals surface area contributed by atoms with Gasteiger partial charge in [-0.3, -0.25) is 14.6 Å². The summed E-state index contributed by atoms with van der Waals surface area (Å²) in [6.07, 6.45) is 7.93. The molecule has 0 radical (unpaired) electrons. The highest BCUT2D eigenvalue weighted by Gasteiger charge is 2.32. The lowest BCUT2D eigenvalue weighted by atomic mass is 9.84. The predicted molar refractivity (Wildman–Crippen MR) is 111 cm³/mol. The lowest BCUT2D eigenvalue weighted by Crippen LogP contribution is -2.52. The Morgan fingerprint density at radius 3 is 2.66 bits per heavy atom. The minimum absolute atomic E-state index is 0.438. The Hall–Kier alpha value is -3.11. The minimum Gasteiger partial charge on any atom is -0.291 e. The van der Waals surface area contributed by atoms with Crippen molar-refractivity contribution in [2.75, 3.05) is 19.6 Å². The SMILES string of the molecule is Cc1cc(C#CCN2CC(C)(C)C2)cnc1-c1cn(CCc2ncccn2)nn1. The monoisotopic (exact) mass is 387 g/mol. The maximum Gasteiger partial charge on any atom is 0.131 e. The van der Waals surface area contributed by atoms with Gasteiger partial charge in [-0.1, -0.05) is 30.9 Å². The van der Waals surface area contributed by atoms with Crippen molar-refractivity contribution in [3.8, 4) is 23.2 Å². The van der Waals surface area contributed by atoms with Crippen LogP contribution in [0, 0.1) is 24.2 Å². The fourth-order valence-electron chi connectivity index (χ4n) is 3.63. The van der Waals surface area contributed by atoms with Crippen LogP contribution >= 0.6 is 0 Å². The van der Waals surface area contributed by atoms with E-state index >= 15 is 0 Å². The molecule has 7 heteroatoms. The molecular weight excluding hydrogens is 362 g/mol. The first kappa shape index (κ1) is 19.2. The first-order valence-electron chi connectivity index (χ1n) is 9.83. The summed E-state index contributed by atoms with van der Waals surface area (Å²) in [5.74, 6) is 7.28. The number of rotatable bonds is 5. The Kier molecular flexibility index (Phi) is 5.36. The number of hydrogen-bond acceptors (Lipinski definition) is 6. The van der Waals surface area contributed by atoms with Gasteiger partial charge < -0.3 is 0 Å². The van der Waals surface area contributed by atoms with Crippen LogP contribution in [0.25, 0.3) is 11.4 Å².